The van der Waals surface area contributed by atoms with E-state index in [0.29, 0.717) is 28.3 Å². The van der Waals surface area contributed by atoms with Crippen molar-refractivity contribution >= 4 is 5.71 Å². The second kappa shape index (κ2) is 6.53. The van der Waals surface area contributed by atoms with Crippen molar-refractivity contribution in [3.05, 3.63) is 58.9 Å². The topological polar surface area (TPSA) is 78.5 Å². The highest BCUT2D eigenvalue weighted by Gasteiger charge is 2.10. The van der Waals surface area contributed by atoms with Crippen molar-refractivity contribution in [2.24, 2.45) is 5.16 Å². The molecule has 0 aliphatic rings. The molecular weight excluding hydrogens is 266 g/mol. The van der Waals surface area contributed by atoms with Gasteiger partial charge in [-0.15, -0.1) is 0 Å². The van der Waals surface area contributed by atoms with E-state index in [1.54, 1.807) is 25.3 Å². The second-order valence-electron chi connectivity index (χ2n) is 4.60. The predicted octanol–water partition coefficient (Wildman–Crippen LogP) is 3.04. The maximum Gasteiger partial charge on any atom is 0.147 e. The van der Waals surface area contributed by atoms with Gasteiger partial charge < -0.3 is 9.94 Å². The molecule has 5 nitrogen and oxygen atoms in total. The summed E-state index contributed by atoms with van der Waals surface area (Å²) in [5, 5.41) is 21.2. The maximum atomic E-state index is 9.02. The number of benzene rings is 1. The van der Waals surface area contributed by atoms with Gasteiger partial charge in [0.1, 0.15) is 24.1 Å². The summed E-state index contributed by atoms with van der Waals surface area (Å²) in [5.74, 6) is 0.609. The zero-order chi connectivity index (χ0) is 15.2. The molecule has 0 unspecified atom stereocenters. The zero-order valence-corrected chi connectivity index (χ0v) is 11.9. The van der Waals surface area contributed by atoms with Gasteiger partial charge >= 0.3 is 0 Å². The largest absolute Gasteiger partial charge is 0.488 e. The smallest absolute Gasteiger partial charge is 0.147 e. The van der Waals surface area contributed by atoms with Crippen molar-refractivity contribution in [2.45, 2.75) is 20.5 Å². The molecule has 0 saturated heterocycles. The Labute approximate surface area is 123 Å². The third kappa shape index (κ3) is 3.37. The summed E-state index contributed by atoms with van der Waals surface area (Å²) in [5.41, 5.74) is 3.28. The number of aromatic nitrogens is 1. The fraction of sp³-hybridized carbons (Fsp3) is 0.188. The Kier molecular flexibility index (Phi) is 4.52. The summed E-state index contributed by atoms with van der Waals surface area (Å²) in [4.78, 5) is 4.00. The van der Waals surface area contributed by atoms with E-state index in [0.717, 1.165) is 5.56 Å². The molecule has 21 heavy (non-hydrogen) atoms. The molecule has 1 aromatic heterocycles. The molecule has 2 rings (SSSR count). The van der Waals surface area contributed by atoms with Crippen LogP contribution in [-0.2, 0) is 6.61 Å². The molecule has 0 aliphatic carbocycles. The van der Waals surface area contributed by atoms with Crippen LogP contribution in [0.3, 0.4) is 0 Å². The zero-order valence-electron chi connectivity index (χ0n) is 11.9. The standard InChI is InChI=1S/C16H15N3O2/c1-11-5-6-14(12(2)19-20)16(8-11)21-10-13-4-3-7-18-15(13)9-17/h3-8,20H,10H2,1-2H3. The first-order valence-electron chi connectivity index (χ1n) is 6.42. The third-order valence-corrected chi connectivity index (χ3v) is 3.06. The number of hydrogen-bond acceptors (Lipinski definition) is 5. The van der Waals surface area contributed by atoms with E-state index in [1.165, 1.54) is 0 Å². The average Bonchev–Trinajstić information content (AvgIpc) is 2.52. The molecule has 0 bridgehead atoms. The van der Waals surface area contributed by atoms with Crippen LogP contribution in [0.4, 0.5) is 0 Å². The van der Waals surface area contributed by atoms with Gasteiger partial charge in [-0.3, -0.25) is 0 Å². The van der Waals surface area contributed by atoms with E-state index in [1.807, 2.05) is 31.2 Å². The van der Waals surface area contributed by atoms with Crippen LogP contribution in [0.25, 0.3) is 0 Å². The normalized spacial score (nSPS) is 11.0. The van der Waals surface area contributed by atoms with Crippen molar-refractivity contribution in [3.8, 4) is 11.8 Å². The molecule has 0 atom stereocenters. The summed E-state index contributed by atoms with van der Waals surface area (Å²) in [6, 6.07) is 11.2. The van der Waals surface area contributed by atoms with Crippen LogP contribution in [0.5, 0.6) is 5.75 Å². The van der Waals surface area contributed by atoms with Crippen LogP contribution in [0.15, 0.2) is 41.7 Å². The van der Waals surface area contributed by atoms with Crippen molar-refractivity contribution in [1.82, 2.24) is 4.98 Å². The highest BCUT2D eigenvalue weighted by Crippen LogP contribution is 2.22. The second-order valence-corrected chi connectivity index (χ2v) is 4.60. The Morgan fingerprint density at radius 2 is 2.24 bits per heavy atom. The Bertz CT molecular complexity index is 718. The molecule has 1 heterocycles. The van der Waals surface area contributed by atoms with Crippen LogP contribution >= 0.6 is 0 Å². The highest BCUT2D eigenvalue weighted by molar-refractivity contribution is 6.00. The van der Waals surface area contributed by atoms with E-state index < -0.39 is 0 Å². The van der Waals surface area contributed by atoms with Crippen LogP contribution in [0, 0.1) is 18.3 Å². The maximum absolute atomic E-state index is 9.02. The first-order chi connectivity index (χ1) is 10.2. The van der Waals surface area contributed by atoms with Crippen molar-refractivity contribution in [2.75, 3.05) is 0 Å². The molecule has 0 radical (unpaired) electrons. The number of oxime groups is 1. The van der Waals surface area contributed by atoms with Crippen LogP contribution < -0.4 is 4.74 Å². The third-order valence-electron chi connectivity index (χ3n) is 3.06. The molecule has 106 valence electrons. The van der Waals surface area contributed by atoms with Crippen molar-refractivity contribution < 1.29 is 9.94 Å². The molecule has 1 aromatic carbocycles. The molecule has 0 spiro atoms. The summed E-state index contributed by atoms with van der Waals surface area (Å²) < 4.78 is 5.79. The van der Waals surface area contributed by atoms with Crippen LogP contribution in [0.1, 0.15) is 29.3 Å². The quantitative estimate of drug-likeness (QED) is 0.530. The van der Waals surface area contributed by atoms with Crippen LogP contribution in [-0.4, -0.2) is 15.9 Å². The van der Waals surface area contributed by atoms with Crippen molar-refractivity contribution in [1.29, 1.82) is 5.26 Å². The molecule has 5 heteroatoms. The van der Waals surface area contributed by atoms with E-state index in [-0.39, 0.29) is 6.61 Å². The van der Waals surface area contributed by atoms with Gasteiger partial charge in [0.2, 0.25) is 0 Å². The first kappa shape index (κ1) is 14.5. The molecule has 0 fully saturated rings. The lowest BCUT2D eigenvalue weighted by atomic mass is 10.1. The van der Waals surface area contributed by atoms with Crippen LogP contribution in [0.2, 0.25) is 0 Å². The molecule has 1 N–H and O–H groups in total. The van der Waals surface area contributed by atoms with Gasteiger partial charge in [-0.05, 0) is 37.6 Å². The molecule has 0 aliphatic heterocycles. The number of aryl methyl sites for hydroxylation is 1. The van der Waals surface area contributed by atoms with Gasteiger partial charge in [-0.25, -0.2) is 4.98 Å². The van der Waals surface area contributed by atoms with Gasteiger partial charge in [0.05, 0.1) is 5.71 Å². The molecule has 2 aromatic rings. The molecule has 0 saturated carbocycles. The lowest BCUT2D eigenvalue weighted by molar-refractivity contribution is 0.302. The number of hydrogen-bond donors (Lipinski definition) is 1. The number of pyridine rings is 1. The van der Waals surface area contributed by atoms with E-state index in [4.69, 9.17) is 15.2 Å². The molecular formula is C16H15N3O2. The summed E-state index contributed by atoms with van der Waals surface area (Å²) in [6.45, 7) is 3.88. The van der Waals surface area contributed by atoms with E-state index in [2.05, 4.69) is 10.1 Å². The highest BCUT2D eigenvalue weighted by atomic mass is 16.5. The Morgan fingerprint density at radius 3 is 2.95 bits per heavy atom. The minimum Gasteiger partial charge on any atom is -0.488 e. The number of nitriles is 1. The monoisotopic (exact) mass is 281 g/mol. The van der Waals surface area contributed by atoms with E-state index >= 15 is 0 Å². The SMILES string of the molecule is CC(=NO)c1ccc(C)cc1OCc1cccnc1C#N. The van der Waals surface area contributed by atoms with E-state index in [9.17, 15) is 0 Å². The molecule has 0 amide bonds. The average molecular weight is 281 g/mol. The summed E-state index contributed by atoms with van der Waals surface area (Å²) in [7, 11) is 0. The lowest BCUT2D eigenvalue weighted by Gasteiger charge is -2.12. The predicted molar refractivity (Wildman–Crippen MR) is 78.5 cm³/mol. The van der Waals surface area contributed by atoms with Gasteiger partial charge in [-0.1, -0.05) is 17.3 Å². The summed E-state index contributed by atoms with van der Waals surface area (Å²) >= 11 is 0. The van der Waals surface area contributed by atoms with Gasteiger partial charge in [0, 0.05) is 17.3 Å². The Hall–Kier alpha value is -2.87. The lowest BCUT2D eigenvalue weighted by Crippen LogP contribution is -2.04. The first-order valence-corrected chi connectivity index (χ1v) is 6.42. The fourth-order valence-electron chi connectivity index (χ4n) is 1.91. The number of nitrogens with zero attached hydrogens (tertiary/aromatic N) is 3. The summed E-state index contributed by atoms with van der Waals surface area (Å²) in [6.07, 6.45) is 1.57. The fourth-order valence-corrected chi connectivity index (χ4v) is 1.91. The van der Waals surface area contributed by atoms with Crippen molar-refractivity contribution in [3.63, 3.8) is 0 Å². The van der Waals surface area contributed by atoms with Gasteiger partial charge in [0.25, 0.3) is 0 Å². The van der Waals surface area contributed by atoms with Gasteiger partial charge in [-0.2, -0.15) is 5.26 Å². The Balaban J connectivity index is 2.28. The Morgan fingerprint density at radius 1 is 1.43 bits per heavy atom. The minimum absolute atomic E-state index is 0.228. The number of ether oxygens (including phenoxy) is 1. The number of rotatable bonds is 4. The van der Waals surface area contributed by atoms with Gasteiger partial charge in [0.15, 0.2) is 0 Å². The minimum atomic E-state index is 0.228.